The molecule has 0 heterocycles. The first-order valence-electron chi connectivity index (χ1n) is 2.06. The highest BCUT2D eigenvalue weighted by atomic mass is 14.0. The maximum absolute atomic E-state index is 2.22. The van der Waals surface area contributed by atoms with Gasteiger partial charge >= 0.3 is 0 Å². The highest BCUT2D eigenvalue weighted by Gasteiger charge is 1.98. The first-order valence-corrected chi connectivity index (χ1v) is 2.06. The minimum absolute atomic E-state index is 0. The van der Waals surface area contributed by atoms with Gasteiger partial charge in [-0.3, -0.25) is 0 Å². The van der Waals surface area contributed by atoms with Crippen LogP contribution in [-0.4, -0.2) is 0 Å². The standard InChI is InChI=1S/C5H8.H3N/c1-5-3-2-4-5;/h2-3,5H,4H2,1H3;1H3. The molecule has 1 rings (SSSR count). The summed E-state index contributed by atoms with van der Waals surface area (Å²) in [6, 6.07) is 0. The normalized spacial score (nSPS) is 27.8. The molecule has 1 aliphatic rings. The van der Waals surface area contributed by atoms with Crippen LogP contribution in [0.1, 0.15) is 13.3 Å². The minimum atomic E-state index is 0. The Kier molecular flexibility index (Phi) is 1.88. The van der Waals surface area contributed by atoms with Gasteiger partial charge in [0.1, 0.15) is 0 Å². The van der Waals surface area contributed by atoms with E-state index >= 15 is 0 Å². The van der Waals surface area contributed by atoms with Gasteiger partial charge in [0.05, 0.1) is 0 Å². The van der Waals surface area contributed by atoms with Crippen molar-refractivity contribution in [1.82, 2.24) is 6.15 Å². The lowest BCUT2D eigenvalue weighted by atomic mass is 9.98. The van der Waals surface area contributed by atoms with Crippen LogP contribution in [0, 0.1) is 5.92 Å². The quantitative estimate of drug-likeness (QED) is 0.447. The van der Waals surface area contributed by atoms with Crippen LogP contribution in [0.2, 0.25) is 0 Å². The molecule has 0 aromatic carbocycles. The molecule has 0 spiro atoms. The molecule has 6 heavy (non-hydrogen) atoms. The van der Waals surface area contributed by atoms with Crippen LogP contribution in [0.3, 0.4) is 0 Å². The average Bonchev–Trinajstić information content (AvgIpc) is 1.30. The monoisotopic (exact) mass is 85.1 g/mol. The molecular formula is C5H11N. The molecule has 1 heteroatoms. The molecule has 36 valence electrons. The topological polar surface area (TPSA) is 35.0 Å². The molecule has 0 bridgehead atoms. The van der Waals surface area contributed by atoms with E-state index in [9.17, 15) is 0 Å². The maximum Gasteiger partial charge on any atom is -0.0227 e. The van der Waals surface area contributed by atoms with Gasteiger partial charge in [-0.25, -0.2) is 0 Å². The van der Waals surface area contributed by atoms with Crippen LogP contribution < -0.4 is 6.15 Å². The van der Waals surface area contributed by atoms with Crippen molar-refractivity contribution in [3.63, 3.8) is 0 Å². The summed E-state index contributed by atoms with van der Waals surface area (Å²) >= 11 is 0. The lowest BCUT2D eigenvalue weighted by Gasteiger charge is -2.08. The van der Waals surface area contributed by atoms with Crippen molar-refractivity contribution in [3.05, 3.63) is 12.2 Å². The fourth-order valence-electron chi connectivity index (χ4n) is 0.408. The summed E-state index contributed by atoms with van der Waals surface area (Å²) in [6.07, 6.45) is 5.73. The Labute approximate surface area is 38.6 Å². The van der Waals surface area contributed by atoms with Crippen LogP contribution in [0.25, 0.3) is 0 Å². The molecule has 1 aliphatic carbocycles. The second kappa shape index (κ2) is 1.98. The van der Waals surface area contributed by atoms with Crippen LogP contribution in [-0.2, 0) is 0 Å². The highest BCUT2D eigenvalue weighted by Crippen LogP contribution is 2.13. The summed E-state index contributed by atoms with van der Waals surface area (Å²) in [7, 11) is 0. The first kappa shape index (κ1) is 5.70. The van der Waals surface area contributed by atoms with Crippen LogP contribution >= 0.6 is 0 Å². The van der Waals surface area contributed by atoms with Crippen molar-refractivity contribution >= 4 is 0 Å². The maximum atomic E-state index is 2.22. The first-order chi connectivity index (χ1) is 2.39. The molecule has 0 radical (unpaired) electrons. The van der Waals surface area contributed by atoms with Gasteiger partial charge in [-0.05, 0) is 12.3 Å². The number of allylic oxidation sites excluding steroid dienone is 2. The van der Waals surface area contributed by atoms with Gasteiger partial charge < -0.3 is 6.15 Å². The number of hydrogen-bond donors (Lipinski definition) is 1. The van der Waals surface area contributed by atoms with E-state index in [4.69, 9.17) is 0 Å². The Bertz CT molecular complexity index is 57.0. The van der Waals surface area contributed by atoms with Gasteiger partial charge in [-0.15, -0.1) is 0 Å². The molecule has 0 aliphatic heterocycles. The third-order valence-corrected chi connectivity index (χ3v) is 0.972. The zero-order valence-corrected chi connectivity index (χ0v) is 4.15. The lowest BCUT2D eigenvalue weighted by Crippen LogP contribution is -1.93. The van der Waals surface area contributed by atoms with Gasteiger partial charge in [0.2, 0.25) is 0 Å². The van der Waals surface area contributed by atoms with E-state index < -0.39 is 0 Å². The third kappa shape index (κ3) is 0.830. The second-order valence-corrected chi connectivity index (χ2v) is 1.64. The molecular weight excluding hydrogens is 74.1 g/mol. The number of hydrogen-bond acceptors (Lipinski definition) is 1. The van der Waals surface area contributed by atoms with Crippen molar-refractivity contribution in [1.29, 1.82) is 0 Å². The summed E-state index contributed by atoms with van der Waals surface area (Å²) in [4.78, 5) is 0. The van der Waals surface area contributed by atoms with Crippen molar-refractivity contribution < 1.29 is 0 Å². The predicted octanol–water partition coefficient (Wildman–Crippen LogP) is 1.74. The molecule has 0 aromatic heterocycles. The van der Waals surface area contributed by atoms with Gasteiger partial charge in [0.15, 0.2) is 0 Å². The van der Waals surface area contributed by atoms with Crippen molar-refractivity contribution in [2.45, 2.75) is 13.3 Å². The molecule has 3 N–H and O–H groups in total. The zero-order valence-electron chi connectivity index (χ0n) is 4.15. The van der Waals surface area contributed by atoms with E-state index in [1.54, 1.807) is 0 Å². The average molecular weight is 85.2 g/mol. The molecule has 0 saturated heterocycles. The Morgan fingerprint density at radius 2 is 2.00 bits per heavy atom. The van der Waals surface area contributed by atoms with E-state index in [2.05, 4.69) is 19.1 Å². The van der Waals surface area contributed by atoms with Crippen molar-refractivity contribution in [2.75, 3.05) is 0 Å². The largest absolute Gasteiger partial charge is 0.344 e. The Balaban J connectivity index is 0.000000250. The van der Waals surface area contributed by atoms with Gasteiger partial charge in [0, 0.05) is 0 Å². The Morgan fingerprint density at radius 3 is 2.00 bits per heavy atom. The van der Waals surface area contributed by atoms with Crippen LogP contribution in [0.5, 0.6) is 0 Å². The van der Waals surface area contributed by atoms with Crippen LogP contribution in [0.4, 0.5) is 0 Å². The molecule has 0 aromatic rings. The van der Waals surface area contributed by atoms with Crippen molar-refractivity contribution in [2.24, 2.45) is 5.92 Å². The van der Waals surface area contributed by atoms with E-state index in [1.165, 1.54) is 6.42 Å². The van der Waals surface area contributed by atoms with Gasteiger partial charge in [-0.2, -0.15) is 0 Å². The van der Waals surface area contributed by atoms with Crippen molar-refractivity contribution in [3.8, 4) is 0 Å². The second-order valence-electron chi connectivity index (χ2n) is 1.64. The summed E-state index contributed by atoms with van der Waals surface area (Å²) in [6.45, 7) is 2.22. The molecule has 0 saturated carbocycles. The van der Waals surface area contributed by atoms with Crippen LogP contribution in [0.15, 0.2) is 12.2 Å². The fraction of sp³-hybridized carbons (Fsp3) is 0.600. The minimum Gasteiger partial charge on any atom is -0.344 e. The SMILES string of the molecule is CC1C=CC1.N. The summed E-state index contributed by atoms with van der Waals surface area (Å²) in [5, 5.41) is 0. The van der Waals surface area contributed by atoms with E-state index in [0.717, 1.165) is 5.92 Å². The fourth-order valence-corrected chi connectivity index (χ4v) is 0.408. The molecule has 1 atom stereocenters. The Morgan fingerprint density at radius 1 is 1.67 bits per heavy atom. The van der Waals surface area contributed by atoms with E-state index in [-0.39, 0.29) is 6.15 Å². The molecule has 1 unspecified atom stereocenters. The third-order valence-electron chi connectivity index (χ3n) is 0.972. The van der Waals surface area contributed by atoms with E-state index in [1.807, 2.05) is 0 Å². The summed E-state index contributed by atoms with van der Waals surface area (Å²) in [5.74, 6) is 0.884. The lowest BCUT2D eigenvalue weighted by molar-refractivity contribution is 0.681. The molecule has 1 nitrogen and oxygen atoms in total. The molecule has 0 amide bonds. The molecule has 0 fully saturated rings. The predicted molar refractivity (Wildman–Crippen MR) is 27.9 cm³/mol. The summed E-state index contributed by atoms with van der Waals surface area (Å²) in [5.41, 5.74) is 0. The number of rotatable bonds is 0. The Hall–Kier alpha value is -0.300. The zero-order chi connectivity index (χ0) is 3.70. The summed E-state index contributed by atoms with van der Waals surface area (Å²) < 4.78 is 0. The highest BCUT2D eigenvalue weighted by molar-refractivity contribution is 4.99. The van der Waals surface area contributed by atoms with Gasteiger partial charge in [0.25, 0.3) is 0 Å². The smallest absolute Gasteiger partial charge is 0.0227 e. The van der Waals surface area contributed by atoms with Gasteiger partial charge in [-0.1, -0.05) is 19.1 Å². The van der Waals surface area contributed by atoms with E-state index in [0.29, 0.717) is 0 Å².